The molecule has 0 fully saturated rings. The van der Waals surface area contributed by atoms with E-state index in [1.807, 2.05) is 0 Å². The number of Topliss-reactive ketones (excluding diaryl/α,β-unsaturated/α-hetero) is 1. The van der Waals surface area contributed by atoms with Gasteiger partial charge in [-0.3, -0.25) is 19.2 Å². The van der Waals surface area contributed by atoms with Crippen molar-refractivity contribution in [1.82, 2.24) is 9.55 Å². The Morgan fingerprint density at radius 2 is 1.67 bits per heavy atom. The van der Waals surface area contributed by atoms with E-state index in [2.05, 4.69) is 5.32 Å². The summed E-state index contributed by atoms with van der Waals surface area (Å²) in [5.74, 6) is -6.72. The number of hydrogen-bond donors (Lipinski definition) is 4. The second kappa shape index (κ2) is 16.0. The minimum Gasteiger partial charge on any atom is -0.507 e. The average Bonchev–Trinajstić information content (AvgIpc) is 3.46. The first-order valence-corrected chi connectivity index (χ1v) is 19.3. The second-order valence-corrected chi connectivity index (χ2v) is 15.7. The lowest BCUT2D eigenvalue weighted by Gasteiger charge is -2.38. The van der Waals surface area contributed by atoms with Crippen molar-refractivity contribution in [3.63, 3.8) is 0 Å². The second-order valence-electron chi connectivity index (χ2n) is 15.7. The van der Waals surface area contributed by atoms with Crippen LogP contribution in [0, 0.1) is 30.6 Å². The van der Waals surface area contributed by atoms with E-state index in [0.29, 0.717) is 11.0 Å². The number of anilines is 1. The molecule has 0 unspecified atom stereocenters. The summed E-state index contributed by atoms with van der Waals surface area (Å²) < 4.78 is 25.5. The average molecular weight is 798 g/mol. The Kier molecular flexibility index (Phi) is 11.6. The van der Waals surface area contributed by atoms with Crippen LogP contribution in [0.25, 0.3) is 33.2 Å². The van der Waals surface area contributed by atoms with Crippen LogP contribution in [0.2, 0.25) is 0 Å². The van der Waals surface area contributed by atoms with E-state index in [9.17, 15) is 34.5 Å². The number of aryl methyl sites for hydroxylation is 1. The lowest BCUT2D eigenvalue weighted by Crippen LogP contribution is -2.46. The van der Waals surface area contributed by atoms with Gasteiger partial charge in [-0.2, -0.15) is 0 Å². The molecule has 9 atom stereocenters. The van der Waals surface area contributed by atoms with Crippen LogP contribution in [0.3, 0.4) is 0 Å². The van der Waals surface area contributed by atoms with Gasteiger partial charge in [-0.1, -0.05) is 58.1 Å². The maximum Gasteiger partial charge on any atom is 0.312 e. The fourth-order valence-electron chi connectivity index (χ4n) is 8.21. The zero-order valence-electron chi connectivity index (χ0n) is 34.3. The van der Waals surface area contributed by atoms with Gasteiger partial charge in [0.2, 0.25) is 5.43 Å². The third-order valence-corrected chi connectivity index (χ3v) is 11.8. The molecule has 0 saturated carbocycles. The summed E-state index contributed by atoms with van der Waals surface area (Å²) in [7, 11) is 3.16. The molecule has 0 spiro atoms. The quantitative estimate of drug-likeness (QED) is 0.110. The predicted molar refractivity (Wildman–Crippen MR) is 218 cm³/mol. The van der Waals surface area contributed by atoms with Crippen molar-refractivity contribution >= 4 is 45.2 Å². The summed E-state index contributed by atoms with van der Waals surface area (Å²) in [6, 6.07) is 7.17. The molecule has 4 bridgehead atoms. The fourth-order valence-corrected chi connectivity index (χ4v) is 8.21. The molecule has 1 amide bonds. The molecule has 6 rings (SSSR count). The van der Waals surface area contributed by atoms with Crippen LogP contribution >= 0.6 is 0 Å². The zero-order chi connectivity index (χ0) is 42.5. The largest absolute Gasteiger partial charge is 0.507 e. The molecule has 2 aromatic carbocycles. The van der Waals surface area contributed by atoms with Crippen molar-refractivity contribution in [2.24, 2.45) is 30.7 Å². The molecule has 3 heterocycles. The van der Waals surface area contributed by atoms with Gasteiger partial charge in [0, 0.05) is 68.2 Å². The van der Waals surface area contributed by atoms with E-state index in [4.69, 9.17) is 23.9 Å². The number of ketones is 1. The van der Waals surface area contributed by atoms with Gasteiger partial charge in [0.15, 0.2) is 0 Å². The summed E-state index contributed by atoms with van der Waals surface area (Å²) in [4.78, 5) is 60.4. The summed E-state index contributed by atoms with van der Waals surface area (Å²) in [5.41, 5.74) is 0.882. The number of para-hydroxylation sites is 2. The van der Waals surface area contributed by atoms with Crippen LogP contribution < -0.4 is 15.5 Å². The molecule has 0 radical (unpaired) electrons. The highest BCUT2D eigenvalue weighted by atomic mass is 16.7. The number of amides is 1. The first-order valence-electron chi connectivity index (χ1n) is 19.3. The predicted octanol–water partition coefficient (Wildman–Crippen LogP) is 5.69. The molecule has 14 heteroatoms. The molecule has 308 valence electrons. The molecule has 4 aliphatic rings. The Labute approximate surface area is 336 Å². The van der Waals surface area contributed by atoms with Gasteiger partial charge in [-0.15, -0.1) is 0 Å². The van der Waals surface area contributed by atoms with Gasteiger partial charge < -0.3 is 44.2 Å². The smallest absolute Gasteiger partial charge is 0.312 e. The number of carbonyl (C=O) groups is 3. The highest BCUT2D eigenvalue weighted by molar-refractivity contribution is 6.22. The van der Waals surface area contributed by atoms with E-state index in [1.54, 1.807) is 82.7 Å². The minimum atomic E-state index is -1.99. The summed E-state index contributed by atoms with van der Waals surface area (Å²) >= 11 is 0. The van der Waals surface area contributed by atoms with Gasteiger partial charge in [-0.25, -0.2) is 4.98 Å². The van der Waals surface area contributed by atoms with E-state index in [1.165, 1.54) is 46.3 Å². The number of benzene rings is 3. The number of phenolic OH excluding ortho intramolecular Hbond substituents is 1. The van der Waals surface area contributed by atoms with E-state index >= 15 is 0 Å². The number of nitrogens with one attached hydrogen (secondary N) is 1. The molecule has 0 saturated heterocycles. The number of allylic oxidation sites excluding steroid dienone is 2. The summed E-state index contributed by atoms with van der Waals surface area (Å²) in [6.45, 7) is 12.7. The van der Waals surface area contributed by atoms with Crippen molar-refractivity contribution in [3.8, 4) is 22.9 Å². The highest BCUT2D eigenvalue weighted by Gasteiger charge is 2.50. The van der Waals surface area contributed by atoms with Crippen molar-refractivity contribution in [2.45, 2.75) is 85.6 Å². The Hall–Kier alpha value is -5.57. The number of rotatable bonds is 2. The number of hydrogen-bond acceptors (Lipinski definition) is 12. The number of ether oxygens (including phenoxy) is 4. The third kappa shape index (κ3) is 7.13. The van der Waals surface area contributed by atoms with Crippen LogP contribution in [-0.2, 0) is 30.8 Å². The maximum absolute atomic E-state index is 14.7. The van der Waals surface area contributed by atoms with Crippen LogP contribution in [-0.4, -0.2) is 79.8 Å². The highest BCUT2D eigenvalue weighted by Crippen LogP contribution is 2.50. The molecule has 4 N–H and O–H groups in total. The monoisotopic (exact) mass is 797 g/mol. The van der Waals surface area contributed by atoms with Crippen molar-refractivity contribution < 1.29 is 48.7 Å². The van der Waals surface area contributed by atoms with E-state index in [0.717, 1.165) is 0 Å². The lowest BCUT2D eigenvalue weighted by molar-refractivity contribution is -0.160. The van der Waals surface area contributed by atoms with Gasteiger partial charge >= 0.3 is 11.8 Å². The number of aliphatic hydroxyl groups is 2. The van der Waals surface area contributed by atoms with Crippen LogP contribution in [0.1, 0.15) is 64.4 Å². The number of methoxy groups -OCH3 is 1. The number of aromatic hydroxyl groups is 1. The molecule has 58 heavy (non-hydrogen) atoms. The first-order chi connectivity index (χ1) is 27.3. The molecule has 0 aromatic heterocycles. The number of phenols is 1. The molecule has 1 aliphatic carbocycles. The SMILES string of the molecule is CO[C@H]1/C=C/O[C@@]2(C)Oc3c(C)c(O)c4c(=O)c(c5n(C)c6ccccc6nc-5c4c3C2=O)NC(=O)/C(C)=C\C=C\[C@H](C)[C@H](O)[C@@H](C)[C@@H](O)[C@@H](C)[C@H](OC(C)=O)[C@@H]1C. The molecule has 14 nitrogen and oxygen atoms in total. The number of aliphatic hydroxyl groups excluding tert-OH is 2. The molecular formula is C44H51N3O11. The number of aromatic nitrogens is 2. The number of esters is 1. The molecular weight excluding hydrogens is 746 g/mol. The molecule has 3 aliphatic heterocycles. The van der Waals surface area contributed by atoms with Crippen molar-refractivity contribution in [3.05, 3.63) is 81.8 Å². The van der Waals surface area contributed by atoms with Gasteiger partial charge in [-0.05, 0) is 32.1 Å². The Morgan fingerprint density at radius 1 is 0.983 bits per heavy atom. The standard InChI is InChI=1S/C44H51N3O11/c1-20-14-13-15-21(2)43(54)46-34-35-33(45-27-16-11-12-17-28(27)47(35)9)30-31(39(34)52)38(51)25(6)41-32(30)42(53)44(8,58-41)56-19-18-29(55-10)22(3)40(57-26(7)48)24(5)37(50)23(4)36(20)49/h11-20,22-24,29,36-37,40,49-51H,1-10H3,(H,46,54)/b14-13+,19-18+,21-15-/t20-,22+,23+,24+,29-,36-,37+,40+,44-/m0/s1. The Morgan fingerprint density at radius 3 is 2.34 bits per heavy atom. The van der Waals surface area contributed by atoms with Gasteiger partial charge in [0.25, 0.3) is 11.7 Å². The van der Waals surface area contributed by atoms with E-state index in [-0.39, 0.29) is 50.3 Å². The maximum atomic E-state index is 14.7. The van der Waals surface area contributed by atoms with Crippen molar-refractivity contribution in [2.75, 3.05) is 12.4 Å². The number of nitrogens with zero attached hydrogens (tertiary/aromatic N) is 2. The van der Waals surface area contributed by atoms with Crippen molar-refractivity contribution in [1.29, 1.82) is 0 Å². The van der Waals surface area contributed by atoms with Crippen LogP contribution in [0.5, 0.6) is 11.5 Å². The van der Waals surface area contributed by atoms with E-state index < -0.39 is 82.7 Å². The number of carbonyl (C=O) groups excluding carboxylic acids is 3. The van der Waals surface area contributed by atoms with Gasteiger partial charge in [0.1, 0.15) is 23.3 Å². The normalized spacial score (nSPS) is 30.4. The molecule has 2 aromatic rings. The zero-order valence-corrected chi connectivity index (χ0v) is 34.3. The lowest BCUT2D eigenvalue weighted by atomic mass is 9.78. The topological polar surface area (TPSA) is 196 Å². The van der Waals surface area contributed by atoms with Gasteiger partial charge in [0.05, 0.1) is 57.9 Å². The first kappa shape index (κ1) is 42.0. The fraction of sp³-hybridized carbons (Fsp3) is 0.432. The summed E-state index contributed by atoms with van der Waals surface area (Å²) in [6.07, 6.45) is 3.78. The van der Waals surface area contributed by atoms with Crippen LogP contribution in [0.4, 0.5) is 5.69 Å². The van der Waals surface area contributed by atoms with Crippen LogP contribution in [0.15, 0.2) is 65.2 Å². The number of fused-ring (bicyclic) bond motifs is 2. The Bertz CT molecular complexity index is 2430. The third-order valence-electron chi connectivity index (χ3n) is 11.8. The minimum absolute atomic E-state index is 0.00276. The Balaban J connectivity index is 1.59. The summed E-state index contributed by atoms with van der Waals surface area (Å²) in [5, 5.41) is 37.2.